The topological polar surface area (TPSA) is 50.3 Å². The average molecular weight is 266 g/mol. The molecule has 1 aromatic heterocycles. The molecule has 0 bridgehead atoms. The van der Waals surface area contributed by atoms with Crippen molar-refractivity contribution in [3.05, 3.63) is 11.9 Å². The van der Waals surface area contributed by atoms with E-state index < -0.39 is 0 Å². The summed E-state index contributed by atoms with van der Waals surface area (Å²) in [6, 6.07) is 2.02. The van der Waals surface area contributed by atoms with Crippen LogP contribution in [0.5, 0.6) is 0 Å². The second-order valence-electron chi connectivity index (χ2n) is 4.48. The van der Waals surface area contributed by atoms with E-state index in [-0.39, 0.29) is 0 Å². The summed E-state index contributed by atoms with van der Waals surface area (Å²) in [5.74, 6) is 2.59. The summed E-state index contributed by atoms with van der Waals surface area (Å²) >= 11 is 0. The Bertz CT molecular complexity index is 340. The Morgan fingerprint density at radius 1 is 1.16 bits per heavy atom. The highest BCUT2D eigenvalue weighted by molar-refractivity contribution is 5.49. The van der Waals surface area contributed by atoms with Crippen molar-refractivity contribution >= 4 is 11.6 Å². The number of hydrogen-bond donors (Lipinski definition) is 1. The van der Waals surface area contributed by atoms with Gasteiger partial charge in [0, 0.05) is 32.8 Å². The Balaban J connectivity index is 3.00. The number of hydrogen-bond acceptors (Lipinski definition) is 5. The molecule has 1 N–H and O–H groups in total. The smallest absolute Gasteiger partial charge is 0.158 e. The van der Waals surface area contributed by atoms with Crippen LogP contribution in [0.2, 0.25) is 0 Å². The molecular formula is C14H26N4O. The lowest BCUT2D eigenvalue weighted by atomic mass is 10.3. The van der Waals surface area contributed by atoms with Gasteiger partial charge in [-0.2, -0.15) is 0 Å². The third-order valence-corrected chi connectivity index (χ3v) is 2.70. The van der Waals surface area contributed by atoms with E-state index in [4.69, 9.17) is 4.74 Å². The average Bonchev–Trinajstić information content (AvgIpc) is 2.39. The maximum Gasteiger partial charge on any atom is 0.158 e. The highest BCUT2D eigenvalue weighted by Gasteiger charge is 2.10. The van der Waals surface area contributed by atoms with E-state index in [9.17, 15) is 0 Å². The van der Waals surface area contributed by atoms with Gasteiger partial charge in [-0.3, -0.25) is 0 Å². The number of ether oxygens (including phenoxy) is 1. The summed E-state index contributed by atoms with van der Waals surface area (Å²) < 4.78 is 5.14. The van der Waals surface area contributed by atoms with Gasteiger partial charge in [-0.15, -0.1) is 0 Å². The molecule has 0 radical (unpaired) electrons. The van der Waals surface area contributed by atoms with Gasteiger partial charge in [0.15, 0.2) is 5.82 Å². The zero-order valence-corrected chi connectivity index (χ0v) is 12.6. The van der Waals surface area contributed by atoms with Crippen molar-refractivity contribution in [3.8, 4) is 0 Å². The fourth-order valence-electron chi connectivity index (χ4n) is 1.99. The number of nitrogens with one attached hydrogen (secondary N) is 1. The van der Waals surface area contributed by atoms with Gasteiger partial charge in [-0.1, -0.05) is 13.8 Å². The van der Waals surface area contributed by atoms with Crippen LogP contribution in [0.4, 0.5) is 11.6 Å². The van der Waals surface area contributed by atoms with Crippen molar-refractivity contribution < 1.29 is 4.74 Å². The molecule has 0 unspecified atom stereocenters. The molecule has 108 valence electrons. The van der Waals surface area contributed by atoms with Gasteiger partial charge < -0.3 is 15.0 Å². The monoisotopic (exact) mass is 266 g/mol. The molecule has 0 aliphatic rings. The normalized spacial score (nSPS) is 10.5. The van der Waals surface area contributed by atoms with E-state index in [1.54, 1.807) is 7.11 Å². The van der Waals surface area contributed by atoms with Crippen LogP contribution in [0.1, 0.15) is 39.4 Å². The molecule has 0 atom stereocenters. The van der Waals surface area contributed by atoms with Gasteiger partial charge in [0.2, 0.25) is 0 Å². The zero-order chi connectivity index (χ0) is 14.1. The molecule has 0 fully saturated rings. The zero-order valence-electron chi connectivity index (χ0n) is 12.6. The lowest BCUT2D eigenvalue weighted by molar-refractivity contribution is 0.178. The quantitative estimate of drug-likeness (QED) is 0.744. The Kier molecular flexibility index (Phi) is 7.18. The fraction of sp³-hybridized carbons (Fsp3) is 0.714. The number of anilines is 2. The third kappa shape index (κ3) is 5.03. The molecule has 19 heavy (non-hydrogen) atoms. The summed E-state index contributed by atoms with van der Waals surface area (Å²) in [5.41, 5.74) is 0. The molecule has 0 aliphatic heterocycles. The van der Waals surface area contributed by atoms with Gasteiger partial charge >= 0.3 is 0 Å². The standard InChI is InChI=1S/C14H26N4O/c1-5-8-18(9-6-2)14-10-12(15-7-3)16-13(17-14)11-19-4/h10H,5-9,11H2,1-4H3,(H,15,16,17). The molecule has 5 heteroatoms. The van der Waals surface area contributed by atoms with Crippen LogP contribution >= 0.6 is 0 Å². The molecule has 0 spiro atoms. The van der Waals surface area contributed by atoms with Gasteiger partial charge in [0.25, 0.3) is 0 Å². The summed E-state index contributed by atoms with van der Waals surface area (Å²) in [7, 11) is 1.67. The van der Waals surface area contributed by atoms with Gasteiger partial charge in [0.05, 0.1) is 0 Å². The summed E-state index contributed by atoms with van der Waals surface area (Å²) in [6.45, 7) is 9.76. The number of methoxy groups -OCH3 is 1. The van der Waals surface area contributed by atoms with E-state index in [1.165, 1.54) is 0 Å². The largest absolute Gasteiger partial charge is 0.377 e. The molecule has 0 saturated carbocycles. The molecule has 1 heterocycles. The third-order valence-electron chi connectivity index (χ3n) is 2.70. The predicted molar refractivity (Wildman–Crippen MR) is 79.7 cm³/mol. The van der Waals surface area contributed by atoms with Crippen molar-refractivity contribution in [1.29, 1.82) is 0 Å². The molecule has 1 aromatic rings. The van der Waals surface area contributed by atoms with E-state index in [1.807, 2.05) is 6.07 Å². The summed E-state index contributed by atoms with van der Waals surface area (Å²) in [6.07, 6.45) is 2.22. The van der Waals surface area contributed by atoms with Crippen LogP contribution < -0.4 is 10.2 Å². The van der Waals surface area contributed by atoms with Crippen LogP contribution in [0.15, 0.2) is 6.07 Å². The molecule has 1 rings (SSSR count). The SMILES string of the molecule is CCCN(CCC)c1cc(NCC)nc(COC)n1. The highest BCUT2D eigenvalue weighted by atomic mass is 16.5. The maximum atomic E-state index is 5.14. The fourth-order valence-corrected chi connectivity index (χ4v) is 1.99. The lowest BCUT2D eigenvalue weighted by Gasteiger charge is -2.23. The molecule has 5 nitrogen and oxygen atoms in total. The summed E-state index contributed by atoms with van der Waals surface area (Å²) in [5, 5.41) is 3.25. The molecule has 0 amide bonds. The number of nitrogens with zero attached hydrogens (tertiary/aromatic N) is 3. The van der Waals surface area contributed by atoms with Crippen LogP contribution in [-0.4, -0.2) is 36.7 Å². The lowest BCUT2D eigenvalue weighted by Crippen LogP contribution is -2.26. The predicted octanol–water partition coefficient (Wildman–Crippen LogP) is 2.68. The van der Waals surface area contributed by atoms with Crippen molar-refractivity contribution in [1.82, 2.24) is 9.97 Å². The first-order valence-electron chi connectivity index (χ1n) is 7.10. The van der Waals surface area contributed by atoms with Gasteiger partial charge in [-0.25, -0.2) is 9.97 Å². The molecular weight excluding hydrogens is 240 g/mol. The molecule has 0 aromatic carbocycles. The summed E-state index contributed by atoms with van der Waals surface area (Å²) in [4.78, 5) is 11.3. The van der Waals surface area contributed by atoms with Crippen molar-refractivity contribution in [2.24, 2.45) is 0 Å². The maximum absolute atomic E-state index is 5.14. The van der Waals surface area contributed by atoms with Gasteiger partial charge in [-0.05, 0) is 19.8 Å². The van der Waals surface area contributed by atoms with E-state index in [0.717, 1.165) is 49.9 Å². The van der Waals surface area contributed by atoms with Crippen molar-refractivity contribution in [3.63, 3.8) is 0 Å². The highest BCUT2D eigenvalue weighted by Crippen LogP contribution is 2.17. The van der Waals surface area contributed by atoms with Crippen molar-refractivity contribution in [2.75, 3.05) is 37.0 Å². The van der Waals surface area contributed by atoms with Crippen molar-refractivity contribution in [2.45, 2.75) is 40.2 Å². The number of rotatable bonds is 9. The minimum Gasteiger partial charge on any atom is -0.377 e. The number of aromatic nitrogens is 2. The van der Waals surface area contributed by atoms with Crippen LogP contribution in [0.3, 0.4) is 0 Å². The Morgan fingerprint density at radius 3 is 2.37 bits per heavy atom. The van der Waals surface area contributed by atoms with E-state index in [0.29, 0.717) is 6.61 Å². The minimum atomic E-state index is 0.443. The Morgan fingerprint density at radius 2 is 1.84 bits per heavy atom. The second kappa shape index (κ2) is 8.69. The van der Waals surface area contributed by atoms with Crippen LogP contribution in [0, 0.1) is 0 Å². The minimum absolute atomic E-state index is 0.443. The first kappa shape index (κ1) is 15.7. The Labute approximate surface area is 116 Å². The van der Waals surface area contributed by atoms with Gasteiger partial charge in [0.1, 0.15) is 18.2 Å². The first-order chi connectivity index (χ1) is 9.24. The van der Waals surface area contributed by atoms with E-state index in [2.05, 4.69) is 41.0 Å². The van der Waals surface area contributed by atoms with Crippen LogP contribution in [0.25, 0.3) is 0 Å². The van der Waals surface area contributed by atoms with E-state index >= 15 is 0 Å². The molecule has 0 aliphatic carbocycles. The first-order valence-corrected chi connectivity index (χ1v) is 7.10. The second-order valence-corrected chi connectivity index (χ2v) is 4.48. The Hall–Kier alpha value is -1.36. The molecule has 0 saturated heterocycles. The van der Waals surface area contributed by atoms with Crippen LogP contribution in [-0.2, 0) is 11.3 Å².